The molecule has 2 aromatic rings. The molecule has 0 bridgehead atoms. The Morgan fingerprint density at radius 2 is 1.95 bits per heavy atom. The second kappa shape index (κ2) is 5.33. The van der Waals surface area contributed by atoms with Crippen molar-refractivity contribution in [1.82, 2.24) is 0 Å². The molecular formula is C16H14FNO2. The Hall–Kier alpha value is -2.36. The smallest absolute Gasteiger partial charge is 0.179 e. The molecule has 0 saturated heterocycles. The van der Waals surface area contributed by atoms with Crippen LogP contribution in [0.25, 0.3) is 0 Å². The summed E-state index contributed by atoms with van der Waals surface area (Å²) in [6.07, 6.45) is -0.260. The molecule has 0 radical (unpaired) electrons. The lowest BCUT2D eigenvalue weighted by Crippen LogP contribution is -2.38. The predicted molar refractivity (Wildman–Crippen MR) is 74.5 cm³/mol. The van der Waals surface area contributed by atoms with Crippen LogP contribution in [0.5, 0.6) is 5.75 Å². The van der Waals surface area contributed by atoms with Crippen molar-refractivity contribution in [2.24, 2.45) is 0 Å². The van der Waals surface area contributed by atoms with E-state index in [4.69, 9.17) is 4.74 Å². The van der Waals surface area contributed by atoms with Crippen LogP contribution >= 0.6 is 0 Å². The Balaban J connectivity index is 1.68. The van der Waals surface area contributed by atoms with E-state index in [2.05, 4.69) is 5.32 Å². The van der Waals surface area contributed by atoms with Crippen molar-refractivity contribution in [2.75, 3.05) is 11.9 Å². The first kappa shape index (κ1) is 12.7. The largest absolute Gasteiger partial charge is 0.479 e. The zero-order chi connectivity index (χ0) is 13.9. The number of hydrogen-bond acceptors (Lipinski definition) is 3. The molecule has 20 heavy (non-hydrogen) atoms. The molecule has 1 aliphatic heterocycles. The van der Waals surface area contributed by atoms with E-state index in [1.165, 1.54) is 12.1 Å². The minimum atomic E-state index is -0.505. The number of nitrogens with one attached hydrogen (secondary N) is 1. The maximum atomic E-state index is 12.8. The normalized spacial score (nSPS) is 16.8. The van der Waals surface area contributed by atoms with Gasteiger partial charge in [-0.05, 0) is 29.8 Å². The number of para-hydroxylation sites is 2. The van der Waals surface area contributed by atoms with Crippen molar-refractivity contribution in [3.8, 4) is 5.75 Å². The highest BCUT2D eigenvalue weighted by atomic mass is 19.1. The third-order valence-electron chi connectivity index (χ3n) is 3.28. The lowest BCUT2D eigenvalue weighted by molar-refractivity contribution is -0.124. The van der Waals surface area contributed by atoms with Gasteiger partial charge < -0.3 is 10.1 Å². The quantitative estimate of drug-likeness (QED) is 0.933. The van der Waals surface area contributed by atoms with Gasteiger partial charge in [-0.15, -0.1) is 0 Å². The zero-order valence-corrected chi connectivity index (χ0v) is 10.8. The topological polar surface area (TPSA) is 38.3 Å². The zero-order valence-electron chi connectivity index (χ0n) is 10.8. The number of Topliss-reactive ketones (excluding diaryl/α,β-unsaturated/α-hetero) is 1. The van der Waals surface area contributed by atoms with Crippen LogP contribution in [0.1, 0.15) is 5.56 Å². The van der Waals surface area contributed by atoms with Gasteiger partial charge in [0, 0.05) is 6.42 Å². The second-order valence-corrected chi connectivity index (χ2v) is 4.75. The summed E-state index contributed by atoms with van der Waals surface area (Å²) in [6, 6.07) is 13.5. The average Bonchev–Trinajstić information content (AvgIpc) is 2.49. The minimum absolute atomic E-state index is 0.0152. The van der Waals surface area contributed by atoms with Crippen LogP contribution in [0.15, 0.2) is 48.5 Å². The van der Waals surface area contributed by atoms with Gasteiger partial charge in [0.1, 0.15) is 11.6 Å². The highest BCUT2D eigenvalue weighted by molar-refractivity contribution is 5.87. The van der Waals surface area contributed by atoms with E-state index >= 15 is 0 Å². The summed E-state index contributed by atoms with van der Waals surface area (Å²) in [7, 11) is 0. The van der Waals surface area contributed by atoms with Crippen molar-refractivity contribution in [2.45, 2.75) is 12.5 Å². The molecule has 0 fully saturated rings. The van der Waals surface area contributed by atoms with E-state index in [1.54, 1.807) is 12.1 Å². The Kier molecular flexibility index (Phi) is 3.37. The molecule has 2 aromatic carbocycles. The monoisotopic (exact) mass is 271 g/mol. The standard InChI is InChI=1S/C16H14FNO2/c17-12-7-5-11(6-8-12)9-14(19)16-10-18-13-3-1-2-4-15(13)20-16/h1-8,16,18H,9-10H2. The molecule has 1 atom stereocenters. The van der Waals surface area contributed by atoms with Crippen LogP contribution in [0.3, 0.4) is 0 Å². The first-order valence-corrected chi connectivity index (χ1v) is 6.49. The molecule has 1 aliphatic rings. The van der Waals surface area contributed by atoms with Crippen molar-refractivity contribution in [3.05, 3.63) is 59.9 Å². The summed E-state index contributed by atoms with van der Waals surface area (Å²) in [6.45, 7) is 0.455. The number of rotatable bonds is 3. The first-order valence-electron chi connectivity index (χ1n) is 6.49. The van der Waals surface area contributed by atoms with Gasteiger partial charge in [0.05, 0.1) is 12.2 Å². The number of halogens is 1. The summed E-state index contributed by atoms with van der Waals surface area (Å²) in [5.41, 5.74) is 1.69. The summed E-state index contributed by atoms with van der Waals surface area (Å²) < 4.78 is 18.5. The van der Waals surface area contributed by atoms with E-state index in [0.29, 0.717) is 12.3 Å². The number of hydrogen-bond donors (Lipinski definition) is 1. The molecule has 3 nitrogen and oxygen atoms in total. The number of anilines is 1. The van der Waals surface area contributed by atoms with Crippen LogP contribution in [-0.2, 0) is 11.2 Å². The number of fused-ring (bicyclic) bond motifs is 1. The van der Waals surface area contributed by atoms with Gasteiger partial charge in [-0.3, -0.25) is 4.79 Å². The van der Waals surface area contributed by atoms with Crippen LogP contribution in [0.2, 0.25) is 0 Å². The fourth-order valence-electron chi connectivity index (χ4n) is 2.21. The lowest BCUT2D eigenvalue weighted by atomic mass is 10.0. The number of carbonyl (C=O) groups is 1. The predicted octanol–water partition coefficient (Wildman–Crippen LogP) is 2.81. The fraction of sp³-hybridized carbons (Fsp3) is 0.188. The molecule has 4 heteroatoms. The van der Waals surface area contributed by atoms with Crippen LogP contribution < -0.4 is 10.1 Å². The van der Waals surface area contributed by atoms with Crippen molar-refractivity contribution in [3.63, 3.8) is 0 Å². The van der Waals surface area contributed by atoms with E-state index in [0.717, 1.165) is 11.3 Å². The highest BCUT2D eigenvalue weighted by Gasteiger charge is 2.25. The minimum Gasteiger partial charge on any atom is -0.479 e. The van der Waals surface area contributed by atoms with Crippen molar-refractivity contribution >= 4 is 11.5 Å². The van der Waals surface area contributed by atoms with E-state index < -0.39 is 6.10 Å². The third kappa shape index (κ3) is 2.64. The van der Waals surface area contributed by atoms with Crippen molar-refractivity contribution in [1.29, 1.82) is 0 Å². The van der Waals surface area contributed by atoms with Gasteiger partial charge in [-0.25, -0.2) is 4.39 Å². The van der Waals surface area contributed by atoms with Crippen LogP contribution in [0.4, 0.5) is 10.1 Å². The Bertz CT molecular complexity index is 625. The van der Waals surface area contributed by atoms with Crippen LogP contribution in [-0.4, -0.2) is 18.4 Å². The maximum absolute atomic E-state index is 12.8. The Labute approximate surface area is 116 Å². The molecule has 0 aliphatic carbocycles. The van der Waals surface area contributed by atoms with Gasteiger partial charge in [-0.1, -0.05) is 24.3 Å². The molecule has 102 valence electrons. The van der Waals surface area contributed by atoms with E-state index in [9.17, 15) is 9.18 Å². The number of ether oxygens (including phenoxy) is 1. The van der Waals surface area contributed by atoms with Crippen molar-refractivity contribution < 1.29 is 13.9 Å². The molecule has 0 saturated carbocycles. The molecule has 1 unspecified atom stereocenters. The molecule has 1 N–H and O–H groups in total. The summed E-state index contributed by atoms with van der Waals surface area (Å²) in [5.74, 6) is 0.375. The summed E-state index contributed by atoms with van der Waals surface area (Å²) >= 11 is 0. The SMILES string of the molecule is O=C(Cc1ccc(F)cc1)C1CNc2ccccc2O1. The molecular weight excluding hydrogens is 257 g/mol. The average molecular weight is 271 g/mol. The van der Waals surface area contributed by atoms with E-state index in [1.807, 2.05) is 24.3 Å². The molecule has 3 rings (SSSR count). The van der Waals surface area contributed by atoms with E-state index in [-0.39, 0.29) is 18.0 Å². The highest BCUT2D eigenvalue weighted by Crippen LogP contribution is 2.28. The molecule has 0 amide bonds. The molecule has 0 spiro atoms. The van der Waals surface area contributed by atoms with Gasteiger partial charge in [-0.2, -0.15) is 0 Å². The molecule has 1 heterocycles. The summed E-state index contributed by atoms with van der Waals surface area (Å²) in [5, 5.41) is 3.18. The fourth-order valence-corrected chi connectivity index (χ4v) is 2.21. The van der Waals surface area contributed by atoms with Gasteiger partial charge in [0.2, 0.25) is 0 Å². The lowest BCUT2D eigenvalue weighted by Gasteiger charge is -2.26. The maximum Gasteiger partial charge on any atom is 0.179 e. The number of carbonyl (C=O) groups excluding carboxylic acids is 1. The Morgan fingerprint density at radius 1 is 1.20 bits per heavy atom. The third-order valence-corrected chi connectivity index (χ3v) is 3.28. The van der Waals surface area contributed by atoms with Gasteiger partial charge in [0.25, 0.3) is 0 Å². The molecule has 0 aromatic heterocycles. The number of ketones is 1. The number of benzene rings is 2. The van der Waals surface area contributed by atoms with Gasteiger partial charge in [0.15, 0.2) is 11.9 Å². The second-order valence-electron chi connectivity index (χ2n) is 4.75. The first-order chi connectivity index (χ1) is 9.72. The van der Waals surface area contributed by atoms with Gasteiger partial charge >= 0.3 is 0 Å². The summed E-state index contributed by atoms with van der Waals surface area (Å²) in [4.78, 5) is 12.2. The Morgan fingerprint density at radius 3 is 2.75 bits per heavy atom. The van der Waals surface area contributed by atoms with Crippen LogP contribution in [0, 0.1) is 5.82 Å².